The van der Waals surface area contributed by atoms with E-state index in [0.29, 0.717) is 22.9 Å². The topological polar surface area (TPSA) is 185 Å². The summed E-state index contributed by atoms with van der Waals surface area (Å²) in [5.74, 6) is -0.530. The van der Waals surface area contributed by atoms with Gasteiger partial charge >= 0.3 is 12.2 Å². The lowest BCUT2D eigenvalue weighted by atomic mass is 10.1. The van der Waals surface area contributed by atoms with E-state index >= 15 is 0 Å². The third-order valence-corrected chi connectivity index (χ3v) is 6.41. The maximum absolute atomic E-state index is 12.9. The molecule has 2 aromatic carbocycles. The van der Waals surface area contributed by atoms with Crippen molar-refractivity contribution in [2.24, 2.45) is 15.9 Å². The first-order valence-corrected chi connectivity index (χ1v) is 14.2. The molecule has 0 unspecified atom stereocenters. The number of nitrogens with zero attached hydrogens (tertiary/aromatic N) is 2. The summed E-state index contributed by atoms with van der Waals surface area (Å²) in [5.41, 5.74) is 6.57. The maximum atomic E-state index is 12.9. The lowest BCUT2D eigenvalue weighted by molar-refractivity contribution is 0.0542. The molecule has 0 bridgehead atoms. The van der Waals surface area contributed by atoms with Crippen molar-refractivity contribution in [2.45, 2.75) is 64.1 Å². The third-order valence-electron chi connectivity index (χ3n) is 5.48. The van der Waals surface area contributed by atoms with Gasteiger partial charge in [-0.15, -0.1) is 0 Å². The highest BCUT2D eigenvalue weighted by Crippen LogP contribution is 2.25. The van der Waals surface area contributed by atoms with Gasteiger partial charge in [0.15, 0.2) is 0 Å². The van der Waals surface area contributed by atoms with E-state index in [1.54, 1.807) is 59.7 Å². The van der Waals surface area contributed by atoms with Gasteiger partial charge in [0, 0.05) is 29.3 Å². The molecule has 1 aromatic heterocycles. The molecule has 220 valence electrons. The smallest absolute Gasteiger partial charge is 0.436 e. The standard InChI is InChI=1S/C28H35N5O7S/c1-27(2,3)39-25(35)32-23(29)21-16-33(26(36)40-28(4,5)6)22-12-7-17(15-20(21)22)13-14-31-24(34)18-8-10-19(11-9-18)41(30,37)38/h7-12,15-16H,13-14H2,1-6H3,(H,31,34)(H2,29,32,35)(H2,30,37,38). The number of aromatic nitrogens is 1. The summed E-state index contributed by atoms with van der Waals surface area (Å²) >= 11 is 0. The van der Waals surface area contributed by atoms with Crippen LogP contribution in [0, 0.1) is 0 Å². The highest BCUT2D eigenvalue weighted by Gasteiger charge is 2.23. The zero-order chi connectivity index (χ0) is 30.8. The first-order valence-electron chi connectivity index (χ1n) is 12.7. The molecule has 0 aliphatic heterocycles. The largest absolute Gasteiger partial charge is 0.443 e. The average Bonchev–Trinajstić information content (AvgIpc) is 3.20. The van der Waals surface area contributed by atoms with E-state index in [4.69, 9.17) is 20.3 Å². The summed E-state index contributed by atoms with van der Waals surface area (Å²) in [7, 11) is -3.86. The van der Waals surface area contributed by atoms with E-state index in [1.807, 2.05) is 0 Å². The van der Waals surface area contributed by atoms with Gasteiger partial charge in [-0.3, -0.25) is 9.36 Å². The summed E-state index contributed by atoms with van der Waals surface area (Å²) in [5, 5.41) is 8.42. The molecule has 3 rings (SSSR count). The highest BCUT2D eigenvalue weighted by molar-refractivity contribution is 7.89. The van der Waals surface area contributed by atoms with Crippen molar-refractivity contribution in [3.05, 3.63) is 65.4 Å². The summed E-state index contributed by atoms with van der Waals surface area (Å²) in [6, 6.07) is 10.6. The molecule has 0 saturated heterocycles. The number of amides is 2. The molecular weight excluding hydrogens is 550 g/mol. The molecule has 0 radical (unpaired) electrons. The lowest BCUT2D eigenvalue weighted by Gasteiger charge is -2.19. The van der Waals surface area contributed by atoms with Gasteiger partial charge < -0.3 is 20.5 Å². The van der Waals surface area contributed by atoms with E-state index in [0.717, 1.165) is 5.56 Å². The Morgan fingerprint density at radius 3 is 2.12 bits per heavy atom. The SMILES string of the molecule is CC(C)(C)OC(=O)N=C(N)c1cn(C(=O)OC(C)(C)C)c2ccc(CCNC(=O)c3ccc(S(N)(=O)=O)cc3)cc12. The molecule has 41 heavy (non-hydrogen) atoms. The number of fused-ring (bicyclic) bond motifs is 1. The van der Waals surface area contributed by atoms with E-state index in [2.05, 4.69) is 10.3 Å². The molecule has 3 aromatic rings. The normalized spacial score (nSPS) is 12.7. The maximum Gasteiger partial charge on any atom is 0.436 e. The number of aliphatic imine (C=N–C) groups is 1. The van der Waals surface area contributed by atoms with Gasteiger partial charge in [-0.05, 0) is 89.9 Å². The minimum absolute atomic E-state index is 0.0917. The van der Waals surface area contributed by atoms with Gasteiger partial charge in [-0.25, -0.2) is 23.1 Å². The van der Waals surface area contributed by atoms with Crippen molar-refractivity contribution in [1.82, 2.24) is 9.88 Å². The first kappa shape index (κ1) is 31.3. The van der Waals surface area contributed by atoms with E-state index in [-0.39, 0.29) is 22.8 Å². The Balaban J connectivity index is 1.87. The van der Waals surface area contributed by atoms with Gasteiger partial charge in [0.05, 0.1) is 10.4 Å². The Hall–Kier alpha value is -4.23. The Labute approximate surface area is 238 Å². The molecule has 0 spiro atoms. The van der Waals surface area contributed by atoms with Crippen LogP contribution in [0.5, 0.6) is 0 Å². The van der Waals surface area contributed by atoms with Crippen molar-refractivity contribution >= 4 is 44.9 Å². The Morgan fingerprint density at radius 2 is 1.56 bits per heavy atom. The van der Waals surface area contributed by atoms with Crippen molar-refractivity contribution in [2.75, 3.05) is 6.54 Å². The van der Waals surface area contributed by atoms with E-state index in [1.165, 1.54) is 35.0 Å². The van der Waals surface area contributed by atoms with Crippen molar-refractivity contribution < 1.29 is 32.3 Å². The average molecular weight is 586 g/mol. The fourth-order valence-corrected chi connectivity index (χ4v) is 4.28. The number of hydrogen-bond acceptors (Lipinski definition) is 7. The summed E-state index contributed by atoms with van der Waals surface area (Å²) in [4.78, 5) is 41.5. The van der Waals surface area contributed by atoms with Crippen LogP contribution in [0.4, 0.5) is 9.59 Å². The zero-order valence-electron chi connectivity index (χ0n) is 23.8. The quantitative estimate of drug-likeness (QED) is 0.289. The second-order valence-corrected chi connectivity index (χ2v) is 12.9. The predicted octanol–water partition coefficient (Wildman–Crippen LogP) is 3.68. The lowest BCUT2D eigenvalue weighted by Crippen LogP contribution is -2.27. The minimum Gasteiger partial charge on any atom is -0.443 e. The molecule has 13 heteroatoms. The van der Waals surface area contributed by atoms with Crippen LogP contribution in [-0.2, 0) is 25.9 Å². The number of nitrogens with two attached hydrogens (primary N) is 2. The van der Waals surface area contributed by atoms with Crippen molar-refractivity contribution in [1.29, 1.82) is 0 Å². The number of sulfonamides is 1. The van der Waals surface area contributed by atoms with Crippen LogP contribution in [0.15, 0.2) is 58.5 Å². The van der Waals surface area contributed by atoms with Gasteiger partial charge in [0.2, 0.25) is 10.0 Å². The fraction of sp³-hybridized carbons (Fsp3) is 0.357. The fourth-order valence-electron chi connectivity index (χ4n) is 3.76. The monoisotopic (exact) mass is 585 g/mol. The van der Waals surface area contributed by atoms with Gasteiger partial charge in [-0.1, -0.05) is 6.07 Å². The molecular formula is C28H35N5O7S. The van der Waals surface area contributed by atoms with Crippen LogP contribution >= 0.6 is 0 Å². The third kappa shape index (κ3) is 8.63. The number of hydrogen-bond donors (Lipinski definition) is 3. The van der Waals surface area contributed by atoms with Crippen LogP contribution in [0.2, 0.25) is 0 Å². The molecule has 12 nitrogen and oxygen atoms in total. The molecule has 0 saturated carbocycles. The van der Waals surface area contributed by atoms with Crippen LogP contribution in [0.1, 0.15) is 63.0 Å². The number of amidine groups is 1. The molecule has 0 aliphatic rings. The van der Waals surface area contributed by atoms with E-state index in [9.17, 15) is 22.8 Å². The van der Waals surface area contributed by atoms with E-state index < -0.39 is 39.3 Å². The molecule has 0 fully saturated rings. The molecule has 0 aliphatic carbocycles. The number of carbonyl (C=O) groups is 3. The Kier molecular flexibility index (Phi) is 8.94. The number of ether oxygens (including phenoxy) is 2. The highest BCUT2D eigenvalue weighted by atomic mass is 32.2. The summed E-state index contributed by atoms with van der Waals surface area (Å²) in [6.45, 7) is 10.6. The number of carbonyl (C=O) groups excluding carboxylic acids is 3. The minimum atomic E-state index is -3.86. The van der Waals surface area contributed by atoms with Gasteiger partial charge in [0.25, 0.3) is 5.91 Å². The molecule has 2 amide bonds. The second-order valence-electron chi connectivity index (χ2n) is 11.3. The summed E-state index contributed by atoms with van der Waals surface area (Å²) in [6.07, 6.45) is 0.368. The van der Waals surface area contributed by atoms with Crippen LogP contribution in [0.3, 0.4) is 0 Å². The van der Waals surface area contributed by atoms with Crippen molar-refractivity contribution in [3.8, 4) is 0 Å². The predicted molar refractivity (Wildman–Crippen MR) is 154 cm³/mol. The van der Waals surface area contributed by atoms with Gasteiger partial charge in [-0.2, -0.15) is 4.99 Å². The number of nitrogens with one attached hydrogen (secondary N) is 1. The number of rotatable bonds is 6. The summed E-state index contributed by atoms with van der Waals surface area (Å²) < 4.78 is 34.9. The van der Waals surface area contributed by atoms with Crippen LogP contribution in [-0.4, -0.2) is 54.7 Å². The second kappa shape index (κ2) is 11.7. The Morgan fingerprint density at radius 1 is 0.951 bits per heavy atom. The first-order chi connectivity index (χ1) is 18.8. The van der Waals surface area contributed by atoms with Gasteiger partial charge in [0.1, 0.15) is 17.0 Å². The van der Waals surface area contributed by atoms with Crippen molar-refractivity contribution in [3.63, 3.8) is 0 Å². The van der Waals surface area contributed by atoms with Crippen LogP contribution in [0.25, 0.3) is 10.9 Å². The molecule has 1 heterocycles. The Bertz CT molecular complexity index is 1610. The zero-order valence-corrected chi connectivity index (χ0v) is 24.7. The molecule has 0 atom stereocenters. The number of benzene rings is 2. The molecule has 5 N–H and O–H groups in total. The van der Waals surface area contributed by atoms with Crippen LogP contribution < -0.4 is 16.2 Å². The number of primary sulfonamides is 1.